The standard InChI is InChI=1S/C24H32N2O3S/c1-29-15-8-14-25(24(28)21-11-5-6-12-21)19-23(27)26(18-22-13-7-16-30-22)17-20-9-3-2-4-10-20/h2-4,7,9-10,13,16,21H,5-6,8,11-12,14-15,17-19H2,1H3. The van der Waals surface area contributed by atoms with E-state index < -0.39 is 0 Å². The van der Waals surface area contributed by atoms with Gasteiger partial charge in [0.2, 0.25) is 11.8 Å². The van der Waals surface area contributed by atoms with Crippen LogP contribution in [0.4, 0.5) is 0 Å². The van der Waals surface area contributed by atoms with Crippen molar-refractivity contribution in [2.45, 2.75) is 45.2 Å². The van der Waals surface area contributed by atoms with E-state index in [1.54, 1.807) is 23.3 Å². The summed E-state index contributed by atoms with van der Waals surface area (Å²) in [6.45, 7) is 2.39. The van der Waals surface area contributed by atoms with Crippen LogP contribution in [0.25, 0.3) is 0 Å². The smallest absolute Gasteiger partial charge is 0.242 e. The largest absolute Gasteiger partial charge is 0.385 e. The maximum atomic E-state index is 13.3. The molecule has 1 fully saturated rings. The third kappa shape index (κ3) is 6.67. The van der Waals surface area contributed by atoms with Gasteiger partial charge in [-0.1, -0.05) is 49.2 Å². The highest BCUT2D eigenvalue weighted by Crippen LogP contribution is 2.27. The number of methoxy groups -OCH3 is 1. The Labute approximate surface area is 183 Å². The number of thiophene rings is 1. The van der Waals surface area contributed by atoms with Crippen LogP contribution in [0.3, 0.4) is 0 Å². The molecule has 0 unspecified atom stereocenters. The second-order valence-corrected chi connectivity index (χ2v) is 8.93. The molecule has 6 heteroatoms. The van der Waals surface area contributed by atoms with E-state index >= 15 is 0 Å². The zero-order valence-electron chi connectivity index (χ0n) is 17.8. The lowest BCUT2D eigenvalue weighted by molar-refractivity contribution is -0.143. The zero-order valence-corrected chi connectivity index (χ0v) is 18.6. The fourth-order valence-electron chi connectivity index (χ4n) is 3.99. The van der Waals surface area contributed by atoms with Gasteiger partial charge in [-0.2, -0.15) is 0 Å². The summed E-state index contributed by atoms with van der Waals surface area (Å²) in [5.41, 5.74) is 1.09. The van der Waals surface area contributed by atoms with Crippen molar-refractivity contribution in [3.63, 3.8) is 0 Å². The third-order valence-electron chi connectivity index (χ3n) is 5.61. The Morgan fingerprint density at radius 1 is 1.03 bits per heavy atom. The average Bonchev–Trinajstić information content (AvgIpc) is 3.47. The van der Waals surface area contributed by atoms with Crippen molar-refractivity contribution in [2.24, 2.45) is 5.92 Å². The lowest BCUT2D eigenvalue weighted by atomic mass is 10.1. The first-order valence-corrected chi connectivity index (χ1v) is 11.7. The van der Waals surface area contributed by atoms with Gasteiger partial charge in [0.05, 0.1) is 13.1 Å². The van der Waals surface area contributed by atoms with E-state index in [0.717, 1.165) is 42.5 Å². The van der Waals surface area contributed by atoms with Gasteiger partial charge in [0.1, 0.15) is 0 Å². The summed E-state index contributed by atoms with van der Waals surface area (Å²) in [5, 5.41) is 2.03. The molecule has 0 saturated heterocycles. The van der Waals surface area contributed by atoms with Gasteiger partial charge < -0.3 is 14.5 Å². The maximum Gasteiger partial charge on any atom is 0.242 e. The Morgan fingerprint density at radius 3 is 2.47 bits per heavy atom. The van der Waals surface area contributed by atoms with Gasteiger partial charge in [-0.05, 0) is 36.3 Å². The molecule has 0 spiro atoms. The van der Waals surface area contributed by atoms with E-state index in [2.05, 4.69) is 6.07 Å². The Morgan fingerprint density at radius 2 is 1.80 bits per heavy atom. The number of carbonyl (C=O) groups is 2. The first-order chi connectivity index (χ1) is 14.7. The predicted octanol–water partition coefficient (Wildman–Crippen LogP) is 4.33. The van der Waals surface area contributed by atoms with Gasteiger partial charge >= 0.3 is 0 Å². The summed E-state index contributed by atoms with van der Waals surface area (Å²) >= 11 is 1.65. The van der Waals surface area contributed by atoms with E-state index in [4.69, 9.17) is 4.74 Å². The van der Waals surface area contributed by atoms with E-state index in [-0.39, 0.29) is 24.3 Å². The third-order valence-corrected chi connectivity index (χ3v) is 6.48. The van der Waals surface area contributed by atoms with Crippen LogP contribution in [-0.2, 0) is 27.4 Å². The Hall–Kier alpha value is -2.18. The second-order valence-electron chi connectivity index (χ2n) is 7.90. The molecule has 1 aliphatic carbocycles. The normalized spacial score (nSPS) is 14.0. The van der Waals surface area contributed by atoms with Crippen molar-refractivity contribution in [2.75, 3.05) is 26.8 Å². The summed E-state index contributed by atoms with van der Waals surface area (Å²) in [6.07, 6.45) is 4.84. The van der Waals surface area contributed by atoms with Gasteiger partial charge in [-0.15, -0.1) is 11.3 Å². The van der Waals surface area contributed by atoms with Crippen molar-refractivity contribution in [1.29, 1.82) is 0 Å². The summed E-state index contributed by atoms with van der Waals surface area (Å²) in [5.74, 6) is 0.198. The molecule has 0 N–H and O–H groups in total. The lowest BCUT2D eigenvalue weighted by Crippen LogP contribution is -2.44. The molecule has 1 aromatic carbocycles. The first-order valence-electron chi connectivity index (χ1n) is 10.8. The number of nitrogens with zero attached hydrogens (tertiary/aromatic N) is 2. The number of ether oxygens (including phenoxy) is 1. The summed E-state index contributed by atoms with van der Waals surface area (Å²) in [7, 11) is 1.66. The number of hydrogen-bond donors (Lipinski definition) is 0. The van der Waals surface area contributed by atoms with Gasteiger partial charge in [0, 0.05) is 37.6 Å². The minimum atomic E-state index is -0.00369. The maximum absolute atomic E-state index is 13.3. The van der Waals surface area contributed by atoms with Gasteiger partial charge in [0.15, 0.2) is 0 Å². The van der Waals surface area contributed by atoms with Crippen LogP contribution in [0.1, 0.15) is 42.5 Å². The molecule has 0 bridgehead atoms. The van der Waals surface area contributed by atoms with E-state index in [1.165, 1.54) is 0 Å². The van der Waals surface area contributed by atoms with Gasteiger partial charge in [-0.3, -0.25) is 9.59 Å². The van der Waals surface area contributed by atoms with E-state index in [1.807, 2.05) is 46.7 Å². The summed E-state index contributed by atoms with van der Waals surface area (Å²) in [4.78, 5) is 31.2. The second kappa shape index (κ2) is 11.9. The predicted molar refractivity (Wildman–Crippen MR) is 120 cm³/mol. The van der Waals surface area contributed by atoms with E-state index in [9.17, 15) is 9.59 Å². The summed E-state index contributed by atoms with van der Waals surface area (Å²) < 4.78 is 5.17. The Bertz CT molecular complexity index is 773. The molecular formula is C24H32N2O3S. The van der Waals surface area contributed by atoms with Crippen LogP contribution in [0.5, 0.6) is 0 Å². The molecule has 2 aromatic rings. The number of carbonyl (C=O) groups excluding carboxylic acids is 2. The van der Waals surface area contributed by atoms with Crippen molar-refractivity contribution >= 4 is 23.2 Å². The molecule has 3 rings (SSSR count). The van der Waals surface area contributed by atoms with Gasteiger partial charge in [-0.25, -0.2) is 0 Å². The van der Waals surface area contributed by atoms with Crippen molar-refractivity contribution < 1.29 is 14.3 Å². The SMILES string of the molecule is COCCCN(CC(=O)N(Cc1ccccc1)Cc1cccs1)C(=O)C1CCCC1. The van der Waals surface area contributed by atoms with Crippen LogP contribution < -0.4 is 0 Å². The van der Waals surface area contributed by atoms with Crippen molar-refractivity contribution in [3.8, 4) is 0 Å². The van der Waals surface area contributed by atoms with Crippen LogP contribution in [0.2, 0.25) is 0 Å². The Kier molecular flexibility index (Phi) is 8.90. The molecule has 1 heterocycles. The zero-order chi connectivity index (χ0) is 21.2. The number of amides is 2. The number of rotatable bonds is 11. The molecule has 1 aliphatic rings. The van der Waals surface area contributed by atoms with Crippen LogP contribution >= 0.6 is 11.3 Å². The quantitative estimate of drug-likeness (QED) is 0.501. The van der Waals surface area contributed by atoms with Crippen LogP contribution in [0.15, 0.2) is 47.8 Å². The lowest BCUT2D eigenvalue weighted by Gasteiger charge is -2.29. The van der Waals surface area contributed by atoms with Crippen molar-refractivity contribution in [3.05, 3.63) is 58.3 Å². The molecule has 30 heavy (non-hydrogen) atoms. The molecule has 2 amide bonds. The number of hydrogen-bond acceptors (Lipinski definition) is 4. The Balaban J connectivity index is 1.71. The molecule has 162 valence electrons. The van der Waals surface area contributed by atoms with Crippen molar-refractivity contribution in [1.82, 2.24) is 9.80 Å². The topological polar surface area (TPSA) is 49.9 Å². The van der Waals surface area contributed by atoms with Gasteiger partial charge in [0.25, 0.3) is 0 Å². The van der Waals surface area contributed by atoms with E-state index in [0.29, 0.717) is 26.2 Å². The number of benzene rings is 1. The highest BCUT2D eigenvalue weighted by molar-refractivity contribution is 7.09. The molecule has 0 aliphatic heterocycles. The highest BCUT2D eigenvalue weighted by atomic mass is 32.1. The molecule has 1 saturated carbocycles. The highest BCUT2D eigenvalue weighted by Gasteiger charge is 2.29. The summed E-state index contributed by atoms with van der Waals surface area (Å²) in [6, 6.07) is 14.1. The molecular weight excluding hydrogens is 396 g/mol. The minimum Gasteiger partial charge on any atom is -0.385 e. The molecule has 0 atom stereocenters. The average molecular weight is 429 g/mol. The minimum absolute atomic E-state index is 0.00369. The molecule has 1 aromatic heterocycles. The van der Waals surface area contributed by atoms with Crippen LogP contribution in [0, 0.1) is 5.92 Å². The monoisotopic (exact) mass is 428 g/mol. The first kappa shape index (κ1) is 22.5. The van der Waals surface area contributed by atoms with Crippen LogP contribution in [-0.4, -0.2) is 48.4 Å². The molecule has 5 nitrogen and oxygen atoms in total. The fourth-order valence-corrected chi connectivity index (χ4v) is 4.71. The fraction of sp³-hybridized carbons (Fsp3) is 0.500. The molecule has 0 radical (unpaired) electrons.